The highest BCUT2D eigenvalue weighted by atomic mass is 79.9. The van der Waals surface area contributed by atoms with E-state index < -0.39 is 0 Å². The van der Waals surface area contributed by atoms with E-state index in [2.05, 4.69) is 37.2 Å². The van der Waals surface area contributed by atoms with Gasteiger partial charge in [-0.05, 0) is 49.6 Å². The average molecular weight is 369 g/mol. The zero-order chi connectivity index (χ0) is 12.8. The lowest BCUT2D eigenvalue weighted by atomic mass is 10.2. The monoisotopic (exact) mass is 367 g/mol. The molecule has 96 valence electrons. The van der Waals surface area contributed by atoms with E-state index in [0.29, 0.717) is 22.1 Å². The third-order valence-electron chi connectivity index (χ3n) is 2.26. The number of benzene rings is 1. The average Bonchev–Trinajstić information content (AvgIpc) is 2.31. The molecule has 4 nitrogen and oxygen atoms in total. The highest BCUT2D eigenvalue weighted by molar-refractivity contribution is 9.11. The van der Waals surface area contributed by atoms with Crippen molar-refractivity contribution in [3.8, 4) is 5.75 Å². The molecule has 0 amide bonds. The summed E-state index contributed by atoms with van der Waals surface area (Å²) in [6, 6.07) is 3.56. The number of rotatable bonds is 6. The first-order chi connectivity index (χ1) is 8.08. The molecular weight excluding hydrogens is 354 g/mol. The minimum atomic E-state index is -0.0913. The zero-order valence-corrected chi connectivity index (χ0v) is 12.6. The van der Waals surface area contributed by atoms with Crippen LogP contribution in [0.25, 0.3) is 0 Å². The number of aliphatic hydroxyl groups is 1. The molecule has 0 saturated carbocycles. The highest BCUT2D eigenvalue weighted by Gasteiger charge is 2.09. The van der Waals surface area contributed by atoms with Crippen molar-refractivity contribution in [2.75, 3.05) is 20.3 Å². The van der Waals surface area contributed by atoms with Crippen LogP contribution in [0.1, 0.15) is 5.56 Å². The minimum Gasteiger partial charge on any atom is -0.506 e. The van der Waals surface area contributed by atoms with Gasteiger partial charge in [-0.25, -0.2) is 0 Å². The topological polar surface area (TPSA) is 61.7 Å². The normalized spacial score (nSPS) is 12.7. The van der Waals surface area contributed by atoms with Gasteiger partial charge in [-0.2, -0.15) is 0 Å². The van der Waals surface area contributed by atoms with Crippen molar-refractivity contribution in [1.82, 2.24) is 5.32 Å². The Labute approximate surface area is 117 Å². The first kappa shape index (κ1) is 14.9. The Bertz CT molecular complexity index is 351. The summed E-state index contributed by atoms with van der Waals surface area (Å²) in [7, 11) is 1.60. The third kappa shape index (κ3) is 4.56. The molecule has 0 aliphatic rings. The number of methoxy groups -OCH3 is 1. The Morgan fingerprint density at radius 2 is 1.94 bits per heavy atom. The summed E-state index contributed by atoms with van der Waals surface area (Å²) in [4.78, 5) is 0. The zero-order valence-electron chi connectivity index (χ0n) is 9.41. The van der Waals surface area contributed by atoms with E-state index in [1.807, 2.05) is 12.1 Å². The lowest BCUT2D eigenvalue weighted by Crippen LogP contribution is -2.35. The van der Waals surface area contributed by atoms with E-state index in [0.717, 1.165) is 5.56 Å². The maximum absolute atomic E-state index is 9.56. The minimum absolute atomic E-state index is 0.0221. The summed E-state index contributed by atoms with van der Waals surface area (Å²) >= 11 is 6.54. The molecular formula is C11H15Br2NO3. The van der Waals surface area contributed by atoms with E-state index >= 15 is 0 Å². The fourth-order valence-electron chi connectivity index (χ4n) is 1.36. The highest BCUT2D eigenvalue weighted by Crippen LogP contribution is 2.33. The fraction of sp³-hybridized carbons (Fsp3) is 0.455. The molecule has 1 aromatic rings. The van der Waals surface area contributed by atoms with Crippen molar-refractivity contribution in [1.29, 1.82) is 0 Å². The van der Waals surface area contributed by atoms with Gasteiger partial charge in [0.15, 0.2) is 0 Å². The van der Waals surface area contributed by atoms with Crippen molar-refractivity contribution >= 4 is 31.9 Å². The molecule has 0 aliphatic heterocycles. The van der Waals surface area contributed by atoms with E-state index in [1.165, 1.54) is 0 Å². The summed E-state index contributed by atoms with van der Waals surface area (Å²) in [5.74, 6) is 0.185. The molecule has 0 saturated heterocycles. The second kappa shape index (κ2) is 7.33. The number of nitrogens with one attached hydrogen (secondary N) is 1. The first-order valence-corrected chi connectivity index (χ1v) is 6.67. The summed E-state index contributed by atoms with van der Waals surface area (Å²) in [5, 5.41) is 21.8. The summed E-state index contributed by atoms with van der Waals surface area (Å²) < 4.78 is 6.24. The largest absolute Gasteiger partial charge is 0.506 e. The number of phenols is 1. The number of hydrogen-bond acceptors (Lipinski definition) is 4. The van der Waals surface area contributed by atoms with Gasteiger partial charge in [-0.15, -0.1) is 0 Å². The Kier molecular flexibility index (Phi) is 6.43. The van der Waals surface area contributed by atoms with Crippen LogP contribution >= 0.6 is 31.9 Å². The van der Waals surface area contributed by atoms with Gasteiger partial charge in [0.05, 0.1) is 28.2 Å². The van der Waals surface area contributed by atoms with Gasteiger partial charge in [0.25, 0.3) is 0 Å². The van der Waals surface area contributed by atoms with Crippen LogP contribution < -0.4 is 5.32 Å². The fourth-order valence-corrected chi connectivity index (χ4v) is 2.64. The van der Waals surface area contributed by atoms with E-state index in [4.69, 9.17) is 9.84 Å². The van der Waals surface area contributed by atoms with Gasteiger partial charge < -0.3 is 20.3 Å². The molecule has 1 rings (SSSR count). The van der Waals surface area contributed by atoms with Crippen LogP contribution in [0.15, 0.2) is 21.1 Å². The molecule has 0 radical (unpaired) electrons. The molecule has 0 aliphatic carbocycles. The van der Waals surface area contributed by atoms with Gasteiger partial charge in [0.2, 0.25) is 0 Å². The van der Waals surface area contributed by atoms with Crippen molar-refractivity contribution < 1.29 is 14.9 Å². The van der Waals surface area contributed by atoms with Crippen molar-refractivity contribution in [2.24, 2.45) is 0 Å². The predicted octanol–water partition coefficient (Wildman–Crippen LogP) is 2.01. The number of halogens is 2. The Hall–Kier alpha value is -0.140. The molecule has 0 fully saturated rings. The molecule has 3 N–H and O–H groups in total. The molecule has 0 heterocycles. The molecule has 1 unspecified atom stereocenters. The number of hydrogen-bond donors (Lipinski definition) is 3. The Balaban J connectivity index is 2.63. The third-order valence-corrected chi connectivity index (χ3v) is 3.47. The maximum Gasteiger partial charge on any atom is 0.143 e. The van der Waals surface area contributed by atoms with Crippen LogP contribution in [0, 0.1) is 0 Å². The lowest BCUT2D eigenvalue weighted by Gasteiger charge is -2.15. The lowest BCUT2D eigenvalue weighted by molar-refractivity contribution is 0.128. The van der Waals surface area contributed by atoms with Gasteiger partial charge in [-0.1, -0.05) is 0 Å². The molecule has 0 aromatic heterocycles. The van der Waals surface area contributed by atoms with Crippen LogP contribution in [0.2, 0.25) is 0 Å². The number of ether oxygens (including phenoxy) is 1. The summed E-state index contributed by atoms with van der Waals surface area (Å²) in [5.41, 5.74) is 0.996. The van der Waals surface area contributed by atoms with Crippen molar-refractivity contribution in [3.63, 3.8) is 0 Å². The van der Waals surface area contributed by atoms with Gasteiger partial charge >= 0.3 is 0 Å². The molecule has 6 heteroatoms. The molecule has 1 atom stereocenters. The van der Waals surface area contributed by atoms with E-state index in [1.54, 1.807) is 7.11 Å². The maximum atomic E-state index is 9.56. The van der Waals surface area contributed by atoms with Crippen LogP contribution in [0.3, 0.4) is 0 Å². The second-order valence-corrected chi connectivity index (χ2v) is 5.33. The van der Waals surface area contributed by atoms with Gasteiger partial charge in [0.1, 0.15) is 5.75 Å². The van der Waals surface area contributed by atoms with Crippen LogP contribution in [-0.4, -0.2) is 36.6 Å². The molecule has 1 aromatic carbocycles. The molecule has 17 heavy (non-hydrogen) atoms. The summed E-state index contributed by atoms with van der Waals surface area (Å²) in [6.07, 6.45) is 0. The summed E-state index contributed by atoms with van der Waals surface area (Å²) in [6.45, 7) is 1.07. The van der Waals surface area contributed by atoms with Gasteiger partial charge in [0, 0.05) is 13.7 Å². The van der Waals surface area contributed by atoms with Crippen LogP contribution in [-0.2, 0) is 11.3 Å². The first-order valence-electron chi connectivity index (χ1n) is 5.08. The molecule has 0 bridgehead atoms. The van der Waals surface area contributed by atoms with Crippen molar-refractivity contribution in [3.05, 3.63) is 26.6 Å². The second-order valence-electron chi connectivity index (χ2n) is 3.62. The van der Waals surface area contributed by atoms with E-state index in [-0.39, 0.29) is 18.4 Å². The predicted molar refractivity (Wildman–Crippen MR) is 73.1 cm³/mol. The van der Waals surface area contributed by atoms with E-state index in [9.17, 15) is 5.11 Å². The van der Waals surface area contributed by atoms with Crippen molar-refractivity contribution in [2.45, 2.75) is 12.6 Å². The molecule has 0 spiro atoms. The quantitative estimate of drug-likeness (QED) is 0.718. The SMILES string of the molecule is COCC(CO)NCc1cc(Br)c(O)c(Br)c1. The number of aliphatic hydroxyl groups excluding tert-OH is 1. The smallest absolute Gasteiger partial charge is 0.143 e. The van der Waals surface area contributed by atoms with Crippen LogP contribution in [0.5, 0.6) is 5.75 Å². The standard InChI is InChI=1S/C11H15Br2NO3/c1-17-6-8(5-15)14-4-7-2-9(12)11(16)10(13)3-7/h2-3,8,14-16H,4-6H2,1H3. The number of aromatic hydroxyl groups is 1. The number of phenolic OH excluding ortho intramolecular Hbond substituents is 1. The Morgan fingerprint density at radius 1 is 1.35 bits per heavy atom. The Morgan fingerprint density at radius 3 is 2.41 bits per heavy atom. The van der Waals surface area contributed by atoms with Gasteiger partial charge in [-0.3, -0.25) is 0 Å². The van der Waals surface area contributed by atoms with Crippen LogP contribution in [0.4, 0.5) is 0 Å².